The summed E-state index contributed by atoms with van der Waals surface area (Å²) in [5, 5.41) is 9.10. The zero-order valence-corrected chi connectivity index (χ0v) is 8.77. The van der Waals surface area contributed by atoms with E-state index in [1.54, 1.807) is 12.1 Å². The van der Waals surface area contributed by atoms with Crippen LogP contribution in [0.25, 0.3) is 0 Å². The zero-order chi connectivity index (χ0) is 10.6. The molecule has 0 aliphatic heterocycles. The molecule has 0 spiro atoms. The summed E-state index contributed by atoms with van der Waals surface area (Å²) in [6.07, 6.45) is 0.846. The van der Waals surface area contributed by atoms with Gasteiger partial charge in [0.2, 0.25) is 0 Å². The van der Waals surface area contributed by atoms with Crippen LogP contribution in [-0.2, 0) is 6.42 Å². The third-order valence-corrected chi connectivity index (χ3v) is 2.03. The fourth-order valence-corrected chi connectivity index (χ4v) is 1.47. The number of benzene rings is 1. The number of hydrogen-bond acceptors (Lipinski definition) is 3. The largest absolute Gasteiger partial charge is 0.508 e. The summed E-state index contributed by atoms with van der Waals surface area (Å²) in [5.41, 5.74) is 7.10. The Kier molecular flexibility index (Phi) is 3.92. The predicted molar refractivity (Wildman–Crippen MR) is 58.3 cm³/mol. The maximum absolute atomic E-state index is 9.10. The monoisotopic (exact) mass is 194 g/mol. The van der Waals surface area contributed by atoms with Crippen molar-refractivity contribution in [2.45, 2.75) is 12.5 Å². The minimum Gasteiger partial charge on any atom is -0.508 e. The van der Waals surface area contributed by atoms with Gasteiger partial charge in [-0.3, -0.25) is 0 Å². The van der Waals surface area contributed by atoms with Crippen LogP contribution >= 0.6 is 0 Å². The van der Waals surface area contributed by atoms with Gasteiger partial charge in [-0.15, -0.1) is 0 Å². The Bertz CT molecular complexity index is 269. The quantitative estimate of drug-likeness (QED) is 0.746. The molecule has 0 aliphatic carbocycles. The smallest absolute Gasteiger partial charge is 0.115 e. The first-order chi connectivity index (χ1) is 6.58. The molecule has 78 valence electrons. The Morgan fingerprint density at radius 1 is 1.29 bits per heavy atom. The highest BCUT2D eigenvalue weighted by atomic mass is 16.3. The summed E-state index contributed by atoms with van der Waals surface area (Å²) in [6.45, 7) is 0.876. The predicted octanol–water partition coefficient (Wildman–Crippen LogP) is 0.824. The van der Waals surface area contributed by atoms with E-state index in [-0.39, 0.29) is 6.04 Å². The van der Waals surface area contributed by atoms with Crippen LogP contribution in [0.2, 0.25) is 0 Å². The van der Waals surface area contributed by atoms with Gasteiger partial charge in [-0.05, 0) is 38.2 Å². The zero-order valence-electron chi connectivity index (χ0n) is 8.77. The van der Waals surface area contributed by atoms with Gasteiger partial charge in [0, 0.05) is 12.6 Å². The number of hydrogen-bond donors (Lipinski definition) is 2. The number of rotatable bonds is 4. The molecule has 0 fully saturated rings. The summed E-state index contributed by atoms with van der Waals surface area (Å²) in [7, 11) is 4.02. The second kappa shape index (κ2) is 4.98. The minimum atomic E-state index is 0.148. The molecule has 1 aromatic carbocycles. The van der Waals surface area contributed by atoms with Crippen LogP contribution < -0.4 is 5.73 Å². The molecule has 1 unspecified atom stereocenters. The van der Waals surface area contributed by atoms with Crippen molar-refractivity contribution < 1.29 is 5.11 Å². The number of nitrogens with two attached hydrogens (primary N) is 1. The fraction of sp³-hybridized carbons (Fsp3) is 0.455. The van der Waals surface area contributed by atoms with E-state index in [9.17, 15) is 0 Å². The highest BCUT2D eigenvalue weighted by Gasteiger charge is 2.04. The van der Waals surface area contributed by atoms with E-state index in [0.29, 0.717) is 5.75 Å². The molecule has 0 amide bonds. The van der Waals surface area contributed by atoms with Crippen molar-refractivity contribution in [1.29, 1.82) is 0 Å². The summed E-state index contributed by atoms with van der Waals surface area (Å²) in [4.78, 5) is 2.07. The van der Waals surface area contributed by atoms with Crippen LogP contribution in [0, 0.1) is 0 Å². The maximum Gasteiger partial charge on any atom is 0.115 e. The van der Waals surface area contributed by atoms with Gasteiger partial charge in [-0.2, -0.15) is 0 Å². The second-order valence-corrected chi connectivity index (χ2v) is 3.89. The third-order valence-electron chi connectivity index (χ3n) is 2.03. The van der Waals surface area contributed by atoms with E-state index < -0.39 is 0 Å². The third kappa shape index (κ3) is 3.77. The molecule has 0 aromatic heterocycles. The van der Waals surface area contributed by atoms with Crippen molar-refractivity contribution in [3.05, 3.63) is 29.8 Å². The summed E-state index contributed by atoms with van der Waals surface area (Å²) in [5.74, 6) is 0.301. The first-order valence-corrected chi connectivity index (χ1v) is 4.76. The van der Waals surface area contributed by atoms with Crippen molar-refractivity contribution in [2.24, 2.45) is 5.73 Å². The highest BCUT2D eigenvalue weighted by molar-refractivity contribution is 5.26. The molecule has 1 atom stereocenters. The molecule has 0 saturated carbocycles. The second-order valence-electron chi connectivity index (χ2n) is 3.89. The Labute approximate surface area is 85.2 Å². The molecule has 1 aromatic rings. The molecule has 1 rings (SSSR count). The Hall–Kier alpha value is -1.06. The van der Waals surface area contributed by atoms with Gasteiger partial charge < -0.3 is 15.7 Å². The Morgan fingerprint density at radius 3 is 2.36 bits per heavy atom. The average molecular weight is 194 g/mol. The first kappa shape index (κ1) is 11.0. The van der Waals surface area contributed by atoms with Crippen LogP contribution in [-0.4, -0.2) is 36.7 Å². The molecule has 14 heavy (non-hydrogen) atoms. The molecule has 0 heterocycles. The molecule has 0 saturated heterocycles. The van der Waals surface area contributed by atoms with Crippen molar-refractivity contribution in [3.63, 3.8) is 0 Å². The number of likely N-dealkylation sites (N-methyl/N-ethyl adjacent to an activating group) is 1. The van der Waals surface area contributed by atoms with E-state index >= 15 is 0 Å². The van der Waals surface area contributed by atoms with Gasteiger partial charge in [-0.25, -0.2) is 0 Å². The molecule has 0 radical (unpaired) electrons. The number of phenols is 1. The SMILES string of the molecule is CN(C)CC(N)Cc1ccc(O)cc1. The molecular weight excluding hydrogens is 176 g/mol. The lowest BCUT2D eigenvalue weighted by molar-refractivity contribution is 0.371. The van der Waals surface area contributed by atoms with E-state index in [4.69, 9.17) is 10.8 Å². The number of nitrogens with zero attached hydrogens (tertiary/aromatic N) is 1. The van der Waals surface area contributed by atoms with Crippen LogP contribution in [0.4, 0.5) is 0 Å². The van der Waals surface area contributed by atoms with Crippen molar-refractivity contribution >= 4 is 0 Å². The van der Waals surface area contributed by atoms with E-state index in [2.05, 4.69) is 4.90 Å². The van der Waals surface area contributed by atoms with Crippen molar-refractivity contribution in [3.8, 4) is 5.75 Å². The molecule has 3 N–H and O–H groups in total. The maximum atomic E-state index is 9.10. The lowest BCUT2D eigenvalue weighted by Gasteiger charge is -2.16. The molecule has 0 aliphatic rings. The van der Waals surface area contributed by atoms with Gasteiger partial charge in [0.15, 0.2) is 0 Å². The molecule has 0 bridgehead atoms. The number of aromatic hydroxyl groups is 1. The van der Waals surface area contributed by atoms with Gasteiger partial charge >= 0.3 is 0 Å². The lowest BCUT2D eigenvalue weighted by Crippen LogP contribution is -2.34. The summed E-state index contributed by atoms with van der Waals surface area (Å²) in [6, 6.07) is 7.35. The van der Waals surface area contributed by atoms with Crippen molar-refractivity contribution in [1.82, 2.24) is 4.90 Å². The molecule has 3 heteroatoms. The Morgan fingerprint density at radius 2 is 1.86 bits per heavy atom. The molecular formula is C11H18N2O. The Balaban J connectivity index is 2.47. The number of phenolic OH excluding ortho intramolecular Hbond substituents is 1. The average Bonchev–Trinajstić information content (AvgIpc) is 2.07. The summed E-state index contributed by atoms with van der Waals surface area (Å²) >= 11 is 0. The van der Waals surface area contributed by atoms with Gasteiger partial charge in [-0.1, -0.05) is 12.1 Å². The van der Waals surface area contributed by atoms with Gasteiger partial charge in [0.25, 0.3) is 0 Å². The van der Waals surface area contributed by atoms with Crippen molar-refractivity contribution in [2.75, 3.05) is 20.6 Å². The normalized spacial score (nSPS) is 13.1. The highest BCUT2D eigenvalue weighted by Crippen LogP contribution is 2.10. The van der Waals surface area contributed by atoms with Crippen LogP contribution in [0.1, 0.15) is 5.56 Å². The lowest BCUT2D eigenvalue weighted by atomic mass is 10.1. The van der Waals surface area contributed by atoms with E-state index in [0.717, 1.165) is 18.5 Å². The fourth-order valence-electron chi connectivity index (χ4n) is 1.47. The van der Waals surface area contributed by atoms with Crippen LogP contribution in [0.3, 0.4) is 0 Å². The van der Waals surface area contributed by atoms with Crippen LogP contribution in [0.5, 0.6) is 5.75 Å². The first-order valence-electron chi connectivity index (χ1n) is 4.76. The van der Waals surface area contributed by atoms with Gasteiger partial charge in [0.1, 0.15) is 5.75 Å². The molecule has 3 nitrogen and oxygen atoms in total. The van der Waals surface area contributed by atoms with E-state index in [1.165, 1.54) is 0 Å². The van der Waals surface area contributed by atoms with E-state index in [1.807, 2.05) is 26.2 Å². The van der Waals surface area contributed by atoms with Crippen LogP contribution in [0.15, 0.2) is 24.3 Å². The summed E-state index contributed by atoms with van der Waals surface area (Å²) < 4.78 is 0. The topological polar surface area (TPSA) is 49.5 Å². The minimum absolute atomic E-state index is 0.148. The standard InChI is InChI=1S/C11H18N2O/c1-13(2)8-10(12)7-9-3-5-11(14)6-4-9/h3-6,10,14H,7-8,12H2,1-2H3. The van der Waals surface area contributed by atoms with Gasteiger partial charge in [0.05, 0.1) is 0 Å².